The molecule has 0 radical (unpaired) electrons. The first-order valence-corrected chi connectivity index (χ1v) is 6.29. The predicted molar refractivity (Wildman–Crippen MR) is 66.5 cm³/mol. The average molecular weight is 272 g/mol. The van der Waals surface area contributed by atoms with Gasteiger partial charge >= 0.3 is 18.0 Å². The number of methoxy groups -OCH3 is 1. The molecule has 7 heteroatoms. The molecule has 1 aliphatic carbocycles. The van der Waals surface area contributed by atoms with Gasteiger partial charge in [-0.2, -0.15) is 0 Å². The first-order chi connectivity index (χ1) is 8.92. The zero-order chi connectivity index (χ0) is 14.4. The third kappa shape index (κ3) is 5.15. The summed E-state index contributed by atoms with van der Waals surface area (Å²) in [5.74, 6) is -1.38. The van der Waals surface area contributed by atoms with Gasteiger partial charge in [0.1, 0.15) is 6.04 Å². The van der Waals surface area contributed by atoms with E-state index in [-0.39, 0.29) is 12.5 Å². The standard InChI is InChI=1S/C12H20N2O5/c1-7-3-4-8(5-7)13-12(18)14-9(11(16)17)6-10(15)19-2/h7-9H,3-6H2,1-2H3,(H,16,17)(H2,13,14,18)/t7?,8?,9-/m0/s1. The van der Waals surface area contributed by atoms with Crippen molar-refractivity contribution in [3.8, 4) is 0 Å². The summed E-state index contributed by atoms with van der Waals surface area (Å²) in [5.41, 5.74) is 0. The van der Waals surface area contributed by atoms with Gasteiger partial charge in [0.15, 0.2) is 0 Å². The Balaban J connectivity index is 2.43. The van der Waals surface area contributed by atoms with E-state index in [1.165, 1.54) is 7.11 Å². The van der Waals surface area contributed by atoms with Crippen LogP contribution in [0.5, 0.6) is 0 Å². The van der Waals surface area contributed by atoms with E-state index in [1.807, 2.05) is 0 Å². The van der Waals surface area contributed by atoms with Crippen LogP contribution in [0.1, 0.15) is 32.6 Å². The van der Waals surface area contributed by atoms with Gasteiger partial charge in [-0.3, -0.25) is 4.79 Å². The van der Waals surface area contributed by atoms with Gasteiger partial charge in [0, 0.05) is 6.04 Å². The Labute approximate surface area is 111 Å². The third-order valence-corrected chi connectivity index (χ3v) is 3.23. The fraction of sp³-hybridized carbons (Fsp3) is 0.750. The summed E-state index contributed by atoms with van der Waals surface area (Å²) in [5, 5.41) is 13.9. The largest absolute Gasteiger partial charge is 0.480 e. The van der Waals surface area contributed by atoms with Crippen molar-refractivity contribution in [3.63, 3.8) is 0 Å². The van der Waals surface area contributed by atoms with Crippen molar-refractivity contribution in [2.45, 2.75) is 44.7 Å². The van der Waals surface area contributed by atoms with Crippen LogP contribution >= 0.6 is 0 Å². The molecule has 0 aromatic rings. The normalized spacial score (nSPS) is 23.5. The zero-order valence-corrected chi connectivity index (χ0v) is 11.1. The highest BCUT2D eigenvalue weighted by Crippen LogP contribution is 2.24. The van der Waals surface area contributed by atoms with Crippen LogP contribution in [-0.2, 0) is 14.3 Å². The molecule has 0 spiro atoms. The van der Waals surface area contributed by atoms with Gasteiger partial charge in [-0.15, -0.1) is 0 Å². The molecule has 2 unspecified atom stereocenters. The van der Waals surface area contributed by atoms with Crippen LogP contribution < -0.4 is 10.6 Å². The van der Waals surface area contributed by atoms with Crippen LogP contribution in [0.25, 0.3) is 0 Å². The zero-order valence-electron chi connectivity index (χ0n) is 11.1. The van der Waals surface area contributed by atoms with Crippen molar-refractivity contribution in [2.75, 3.05) is 7.11 Å². The average Bonchev–Trinajstić information content (AvgIpc) is 2.73. The molecule has 108 valence electrons. The molecule has 1 fully saturated rings. The molecule has 1 aliphatic rings. The number of urea groups is 1. The van der Waals surface area contributed by atoms with E-state index in [1.54, 1.807) is 0 Å². The fourth-order valence-electron chi connectivity index (χ4n) is 2.17. The lowest BCUT2D eigenvalue weighted by Crippen LogP contribution is -2.49. The molecule has 0 aliphatic heterocycles. The number of aliphatic carboxylic acids is 1. The lowest BCUT2D eigenvalue weighted by molar-refractivity contribution is -0.147. The van der Waals surface area contributed by atoms with Gasteiger partial charge in [-0.05, 0) is 25.2 Å². The van der Waals surface area contributed by atoms with E-state index < -0.39 is 24.0 Å². The number of rotatable bonds is 5. The molecule has 2 amide bonds. The minimum atomic E-state index is -1.27. The van der Waals surface area contributed by atoms with Crippen LogP contribution in [0, 0.1) is 5.92 Å². The van der Waals surface area contributed by atoms with Crippen molar-refractivity contribution < 1.29 is 24.2 Å². The summed E-state index contributed by atoms with van der Waals surface area (Å²) in [6, 6.07) is -1.76. The number of esters is 1. The number of amides is 2. The molecule has 3 atom stereocenters. The maximum atomic E-state index is 11.7. The van der Waals surface area contributed by atoms with Gasteiger partial charge in [0.2, 0.25) is 0 Å². The number of carboxylic acid groups (broad SMARTS) is 1. The van der Waals surface area contributed by atoms with E-state index >= 15 is 0 Å². The lowest BCUT2D eigenvalue weighted by Gasteiger charge is -2.17. The molecule has 1 rings (SSSR count). The summed E-state index contributed by atoms with van der Waals surface area (Å²) in [6.45, 7) is 2.11. The van der Waals surface area contributed by atoms with Gasteiger partial charge in [0.05, 0.1) is 13.5 Å². The van der Waals surface area contributed by atoms with Crippen molar-refractivity contribution in [3.05, 3.63) is 0 Å². The second kappa shape index (κ2) is 6.96. The molecule has 19 heavy (non-hydrogen) atoms. The molecule has 7 nitrogen and oxygen atoms in total. The number of carbonyl (C=O) groups excluding carboxylic acids is 2. The lowest BCUT2D eigenvalue weighted by atomic mass is 10.1. The SMILES string of the molecule is COC(=O)C[C@H](NC(=O)NC1CCC(C)C1)C(=O)O. The minimum absolute atomic E-state index is 0.0718. The molecule has 0 bridgehead atoms. The van der Waals surface area contributed by atoms with Gasteiger partial charge < -0.3 is 20.5 Å². The van der Waals surface area contributed by atoms with Gasteiger partial charge in [-0.1, -0.05) is 6.92 Å². The summed E-state index contributed by atoms with van der Waals surface area (Å²) >= 11 is 0. The molecule has 1 saturated carbocycles. The monoisotopic (exact) mass is 272 g/mol. The van der Waals surface area contributed by atoms with E-state index in [0.29, 0.717) is 5.92 Å². The fourth-order valence-corrected chi connectivity index (χ4v) is 2.17. The van der Waals surface area contributed by atoms with E-state index in [2.05, 4.69) is 22.3 Å². The van der Waals surface area contributed by atoms with Gasteiger partial charge in [-0.25, -0.2) is 9.59 Å². The second-order valence-corrected chi connectivity index (χ2v) is 4.90. The summed E-state index contributed by atoms with van der Waals surface area (Å²) < 4.78 is 4.39. The quantitative estimate of drug-likeness (QED) is 0.632. The number of ether oxygens (including phenoxy) is 1. The third-order valence-electron chi connectivity index (χ3n) is 3.23. The van der Waals surface area contributed by atoms with Crippen molar-refractivity contribution in [1.82, 2.24) is 10.6 Å². The number of hydrogen-bond acceptors (Lipinski definition) is 4. The second-order valence-electron chi connectivity index (χ2n) is 4.90. The maximum absolute atomic E-state index is 11.7. The number of hydrogen-bond donors (Lipinski definition) is 3. The predicted octanol–water partition coefficient (Wildman–Crippen LogP) is 0.491. The van der Waals surface area contributed by atoms with Crippen LogP contribution in [0.4, 0.5) is 4.79 Å². The Morgan fingerprint density at radius 2 is 2.05 bits per heavy atom. The Kier molecular flexibility index (Phi) is 5.59. The highest BCUT2D eigenvalue weighted by atomic mass is 16.5. The molecule has 0 aromatic heterocycles. The van der Waals surface area contributed by atoms with Crippen LogP contribution in [-0.4, -0.2) is 42.3 Å². The molecule has 3 N–H and O–H groups in total. The van der Waals surface area contributed by atoms with Crippen molar-refractivity contribution >= 4 is 18.0 Å². The summed E-state index contributed by atoms with van der Waals surface area (Å²) in [6.07, 6.45) is 2.45. The smallest absolute Gasteiger partial charge is 0.326 e. The Bertz CT molecular complexity index is 358. The van der Waals surface area contributed by atoms with Crippen molar-refractivity contribution in [2.24, 2.45) is 5.92 Å². The first kappa shape index (κ1) is 15.3. The Hall–Kier alpha value is -1.79. The van der Waals surface area contributed by atoms with Crippen LogP contribution in [0.3, 0.4) is 0 Å². The number of nitrogens with one attached hydrogen (secondary N) is 2. The van der Waals surface area contributed by atoms with Crippen LogP contribution in [0.15, 0.2) is 0 Å². The summed E-state index contributed by atoms with van der Waals surface area (Å²) in [7, 11) is 1.17. The number of carbonyl (C=O) groups is 3. The van der Waals surface area contributed by atoms with E-state index in [9.17, 15) is 14.4 Å². The topological polar surface area (TPSA) is 105 Å². The van der Waals surface area contributed by atoms with Crippen molar-refractivity contribution in [1.29, 1.82) is 0 Å². The Morgan fingerprint density at radius 3 is 2.53 bits per heavy atom. The van der Waals surface area contributed by atoms with E-state index in [4.69, 9.17) is 5.11 Å². The van der Waals surface area contributed by atoms with E-state index in [0.717, 1.165) is 19.3 Å². The van der Waals surface area contributed by atoms with Gasteiger partial charge in [0.25, 0.3) is 0 Å². The van der Waals surface area contributed by atoms with Crippen LogP contribution in [0.2, 0.25) is 0 Å². The molecular weight excluding hydrogens is 252 g/mol. The first-order valence-electron chi connectivity index (χ1n) is 6.29. The summed E-state index contributed by atoms with van der Waals surface area (Å²) in [4.78, 5) is 33.6. The minimum Gasteiger partial charge on any atom is -0.480 e. The molecule has 0 saturated heterocycles. The highest BCUT2D eigenvalue weighted by Gasteiger charge is 2.26. The molecular formula is C12H20N2O5. The Morgan fingerprint density at radius 1 is 1.37 bits per heavy atom. The highest BCUT2D eigenvalue weighted by molar-refractivity contribution is 5.86. The molecule has 0 heterocycles. The number of carboxylic acids is 1. The maximum Gasteiger partial charge on any atom is 0.326 e. The molecule has 0 aromatic carbocycles.